The number of aliphatic hydroxyl groups is 1. The normalized spacial score (nSPS) is 10.6. The molecule has 0 radical (unpaired) electrons. The number of anilines is 4. The summed E-state index contributed by atoms with van der Waals surface area (Å²) >= 11 is 0. The van der Waals surface area contributed by atoms with Crippen LogP contribution in [0, 0.1) is 11.3 Å². The predicted molar refractivity (Wildman–Crippen MR) is 115 cm³/mol. The maximum Gasteiger partial charge on any atom is 0.142 e. The highest BCUT2D eigenvalue weighted by atomic mass is 16.3. The van der Waals surface area contributed by atoms with Crippen LogP contribution in [-0.4, -0.2) is 39.3 Å². The number of H-pyrrole nitrogens is 1. The molecule has 150 valence electrons. The van der Waals surface area contributed by atoms with Crippen molar-refractivity contribution in [2.45, 2.75) is 26.3 Å². The molecule has 0 aliphatic heterocycles. The standard InChI is InChI=1S/C21H25N7O/c1-14(2)26-18-10-19(27-16-6-4-15(11-22)5-7-16)24-12-17(18)21-25-13-20(28-21)23-8-3-9-29/h4-7,10,12-14,23,29H,3,8-9H2,1-2H3,(H,25,28)(H2,24,26,27). The molecule has 0 spiro atoms. The van der Waals surface area contributed by atoms with Gasteiger partial charge < -0.3 is 26.0 Å². The Morgan fingerprint density at radius 2 is 1.97 bits per heavy atom. The number of nitrogens with zero attached hydrogens (tertiary/aromatic N) is 3. The zero-order valence-corrected chi connectivity index (χ0v) is 16.5. The SMILES string of the molecule is CC(C)Nc1cc(Nc2ccc(C#N)cc2)ncc1-c1ncc(NCCCO)[nH]1. The number of imidazole rings is 1. The number of benzene rings is 1. The van der Waals surface area contributed by atoms with Crippen LogP contribution in [0.1, 0.15) is 25.8 Å². The highest BCUT2D eigenvalue weighted by Crippen LogP contribution is 2.29. The van der Waals surface area contributed by atoms with E-state index in [0.29, 0.717) is 30.2 Å². The third kappa shape index (κ3) is 5.46. The number of aromatic nitrogens is 3. The first-order valence-electron chi connectivity index (χ1n) is 9.53. The molecular formula is C21H25N7O. The molecule has 29 heavy (non-hydrogen) atoms. The van der Waals surface area contributed by atoms with E-state index in [9.17, 15) is 0 Å². The zero-order chi connectivity index (χ0) is 20.6. The lowest BCUT2D eigenvalue weighted by Crippen LogP contribution is -2.11. The Balaban J connectivity index is 1.83. The van der Waals surface area contributed by atoms with Crippen molar-refractivity contribution in [2.75, 3.05) is 29.1 Å². The molecule has 0 bridgehead atoms. The largest absolute Gasteiger partial charge is 0.396 e. The Labute approximate surface area is 170 Å². The van der Waals surface area contributed by atoms with Gasteiger partial charge in [0.05, 0.1) is 29.1 Å². The van der Waals surface area contributed by atoms with Gasteiger partial charge >= 0.3 is 0 Å². The number of hydrogen-bond donors (Lipinski definition) is 5. The topological polar surface area (TPSA) is 122 Å². The van der Waals surface area contributed by atoms with Crippen molar-refractivity contribution >= 4 is 23.0 Å². The number of pyridine rings is 1. The molecule has 0 aliphatic carbocycles. The van der Waals surface area contributed by atoms with Crippen molar-refractivity contribution in [3.05, 3.63) is 48.3 Å². The van der Waals surface area contributed by atoms with E-state index in [0.717, 1.165) is 22.8 Å². The van der Waals surface area contributed by atoms with E-state index in [1.165, 1.54) is 0 Å². The van der Waals surface area contributed by atoms with Gasteiger partial charge in [0.25, 0.3) is 0 Å². The number of hydrogen-bond acceptors (Lipinski definition) is 7. The summed E-state index contributed by atoms with van der Waals surface area (Å²) in [5.41, 5.74) is 3.23. The van der Waals surface area contributed by atoms with Crippen molar-refractivity contribution in [2.24, 2.45) is 0 Å². The number of aromatic amines is 1. The van der Waals surface area contributed by atoms with Crippen molar-refractivity contribution < 1.29 is 5.11 Å². The third-order valence-corrected chi connectivity index (χ3v) is 4.12. The van der Waals surface area contributed by atoms with E-state index in [2.05, 4.69) is 50.8 Å². The van der Waals surface area contributed by atoms with Crippen molar-refractivity contribution in [1.82, 2.24) is 15.0 Å². The summed E-state index contributed by atoms with van der Waals surface area (Å²) in [6.45, 7) is 4.96. The fourth-order valence-electron chi connectivity index (χ4n) is 2.77. The number of rotatable bonds is 9. The molecule has 2 aromatic heterocycles. The summed E-state index contributed by atoms with van der Waals surface area (Å²) in [5.74, 6) is 2.19. The molecule has 8 heteroatoms. The summed E-state index contributed by atoms with van der Waals surface area (Å²) < 4.78 is 0. The molecule has 0 atom stereocenters. The fourth-order valence-corrected chi connectivity index (χ4v) is 2.77. The number of nitrogens with one attached hydrogen (secondary N) is 4. The molecule has 3 aromatic rings. The molecule has 8 nitrogen and oxygen atoms in total. The minimum atomic E-state index is 0.147. The molecule has 0 fully saturated rings. The van der Waals surface area contributed by atoms with Crippen LogP contribution in [-0.2, 0) is 0 Å². The molecule has 0 saturated carbocycles. The molecule has 1 aromatic carbocycles. The van der Waals surface area contributed by atoms with E-state index in [4.69, 9.17) is 10.4 Å². The van der Waals surface area contributed by atoms with Gasteiger partial charge in [-0.05, 0) is 44.5 Å². The van der Waals surface area contributed by atoms with E-state index in [-0.39, 0.29) is 12.6 Å². The van der Waals surface area contributed by atoms with Crippen LogP contribution < -0.4 is 16.0 Å². The van der Waals surface area contributed by atoms with Crippen molar-refractivity contribution in [3.63, 3.8) is 0 Å². The first-order chi connectivity index (χ1) is 14.1. The molecule has 2 heterocycles. The Morgan fingerprint density at radius 3 is 2.66 bits per heavy atom. The summed E-state index contributed by atoms with van der Waals surface area (Å²) in [4.78, 5) is 12.2. The molecule has 0 saturated heterocycles. The zero-order valence-electron chi connectivity index (χ0n) is 16.5. The second-order valence-corrected chi connectivity index (χ2v) is 6.88. The van der Waals surface area contributed by atoms with E-state index in [1.807, 2.05) is 18.2 Å². The molecule has 0 amide bonds. The van der Waals surface area contributed by atoms with Gasteiger partial charge in [-0.2, -0.15) is 5.26 Å². The minimum absolute atomic E-state index is 0.147. The predicted octanol–water partition coefficient (Wildman–Crippen LogP) is 3.70. The first-order valence-corrected chi connectivity index (χ1v) is 9.53. The second kappa shape index (κ2) is 9.57. The third-order valence-electron chi connectivity index (χ3n) is 4.12. The van der Waals surface area contributed by atoms with Gasteiger partial charge in [0.1, 0.15) is 17.5 Å². The summed E-state index contributed by atoms with van der Waals surface area (Å²) in [6.07, 6.45) is 4.17. The van der Waals surface area contributed by atoms with Crippen molar-refractivity contribution in [1.29, 1.82) is 5.26 Å². The highest BCUT2D eigenvalue weighted by Gasteiger charge is 2.12. The summed E-state index contributed by atoms with van der Waals surface area (Å²) in [6, 6.07) is 11.5. The molecule has 5 N–H and O–H groups in total. The molecular weight excluding hydrogens is 366 g/mol. The second-order valence-electron chi connectivity index (χ2n) is 6.88. The Kier molecular flexibility index (Phi) is 6.66. The van der Waals surface area contributed by atoms with Gasteiger partial charge in [-0.1, -0.05) is 0 Å². The van der Waals surface area contributed by atoms with Crippen LogP contribution in [0.4, 0.5) is 23.0 Å². The maximum absolute atomic E-state index is 8.92. The highest BCUT2D eigenvalue weighted by molar-refractivity contribution is 5.77. The average molecular weight is 391 g/mol. The van der Waals surface area contributed by atoms with Gasteiger partial charge in [0.2, 0.25) is 0 Å². The van der Waals surface area contributed by atoms with Crippen LogP contribution in [0.15, 0.2) is 42.7 Å². The van der Waals surface area contributed by atoms with Gasteiger partial charge in [-0.25, -0.2) is 9.97 Å². The quantitative estimate of drug-likeness (QED) is 0.353. The Morgan fingerprint density at radius 1 is 1.17 bits per heavy atom. The lowest BCUT2D eigenvalue weighted by atomic mass is 10.2. The molecule has 0 unspecified atom stereocenters. The van der Waals surface area contributed by atoms with E-state index >= 15 is 0 Å². The molecule has 0 aliphatic rings. The lowest BCUT2D eigenvalue weighted by molar-refractivity contribution is 0.292. The van der Waals surface area contributed by atoms with Gasteiger partial charge in [-0.15, -0.1) is 0 Å². The molecule has 3 rings (SSSR count). The van der Waals surface area contributed by atoms with Crippen LogP contribution in [0.2, 0.25) is 0 Å². The van der Waals surface area contributed by atoms with Crippen LogP contribution in [0.5, 0.6) is 0 Å². The van der Waals surface area contributed by atoms with Crippen molar-refractivity contribution in [3.8, 4) is 17.5 Å². The number of nitriles is 1. The van der Waals surface area contributed by atoms with Crippen LogP contribution in [0.25, 0.3) is 11.4 Å². The van der Waals surface area contributed by atoms with Gasteiger partial charge in [0, 0.05) is 37.1 Å². The lowest BCUT2D eigenvalue weighted by Gasteiger charge is -2.15. The first kappa shape index (κ1) is 20.2. The smallest absolute Gasteiger partial charge is 0.142 e. The van der Waals surface area contributed by atoms with Gasteiger partial charge in [-0.3, -0.25) is 0 Å². The van der Waals surface area contributed by atoms with Crippen LogP contribution in [0.3, 0.4) is 0 Å². The Hall–Kier alpha value is -3.57. The number of aliphatic hydroxyl groups excluding tert-OH is 1. The van der Waals surface area contributed by atoms with Gasteiger partial charge in [0.15, 0.2) is 0 Å². The monoisotopic (exact) mass is 391 g/mol. The maximum atomic E-state index is 8.92. The minimum Gasteiger partial charge on any atom is -0.396 e. The Bertz CT molecular complexity index is 973. The summed E-state index contributed by atoms with van der Waals surface area (Å²) in [7, 11) is 0. The fraction of sp³-hybridized carbons (Fsp3) is 0.286. The summed E-state index contributed by atoms with van der Waals surface area (Å²) in [5, 5.41) is 27.7. The van der Waals surface area contributed by atoms with E-state index < -0.39 is 0 Å². The van der Waals surface area contributed by atoms with E-state index in [1.54, 1.807) is 24.5 Å². The van der Waals surface area contributed by atoms with Crippen LogP contribution >= 0.6 is 0 Å². The average Bonchev–Trinajstić information content (AvgIpc) is 3.17.